The lowest BCUT2D eigenvalue weighted by Gasteiger charge is -2.40. The zero-order valence-electron chi connectivity index (χ0n) is 32.4. The normalized spacial score (nSPS) is 23.1. The van der Waals surface area contributed by atoms with E-state index in [0.29, 0.717) is 19.3 Å². The zero-order valence-corrected chi connectivity index (χ0v) is 32.4. The number of rotatable bonds is 32. The Morgan fingerprint density at radius 1 is 0.745 bits per heavy atom. The molecule has 0 spiro atoms. The maximum absolute atomic E-state index is 13.0. The van der Waals surface area contributed by atoms with E-state index in [4.69, 9.17) is 9.47 Å². The quantitative estimate of drug-likeness (QED) is 0.0301. The Labute approximate surface area is 310 Å². The smallest absolute Gasteiger partial charge is 0.249 e. The number of hydrogen-bond acceptors (Lipinski definition) is 9. The number of aliphatic hydroxyl groups excluding tert-OH is 6. The number of allylic oxidation sites excluding steroid dienone is 3. The van der Waals surface area contributed by atoms with Crippen molar-refractivity contribution in [3.05, 3.63) is 23.8 Å². The molecule has 1 aliphatic rings. The second-order valence-corrected chi connectivity index (χ2v) is 14.8. The summed E-state index contributed by atoms with van der Waals surface area (Å²) < 4.78 is 11.1. The predicted octanol–water partition coefficient (Wildman–Crippen LogP) is 6.52. The first-order valence-electron chi connectivity index (χ1n) is 20.6. The Hall–Kier alpha value is -1.37. The van der Waals surface area contributed by atoms with Gasteiger partial charge in [-0.25, -0.2) is 0 Å². The Morgan fingerprint density at radius 3 is 1.82 bits per heavy atom. The van der Waals surface area contributed by atoms with E-state index >= 15 is 0 Å². The minimum atomic E-state index is -1.61. The molecule has 10 heteroatoms. The van der Waals surface area contributed by atoms with Crippen LogP contribution in [0.2, 0.25) is 0 Å². The molecule has 0 aromatic heterocycles. The summed E-state index contributed by atoms with van der Waals surface area (Å²) in [6.07, 6.45) is 22.0. The fourth-order valence-corrected chi connectivity index (χ4v) is 6.48. The highest BCUT2D eigenvalue weighted by Gasteiger charge is 2.44. The average molecular weight is 728 g/mol. The molecule has 0 aromatic rings. The van der Waals surface area contributed by atoms with Gasteiger partial charge in [-0.15, -0.1) is 0 Å². The van der Waals surface area contributed by atoms with Gasteiger partial charge in [0.15, 0.2) is 6.29 Å². The Balaban J connectivity index is 2.59. The molecule has 1 aliphatic heterocycles. The van der Waals surface area contributed by atoms with Gasteiger partial charge >= 0.3 is 0 Å². The van der Waals surface area contributed by atoms with E-state index in [2.05, 4.69) is 32.2 Å². The molecule has 0 aromatic carbocycles. The Kier molecular flexibility index (Phi) is 29.0. The number of carbonyl (C=O) groups excluding carboxylic acids is 1. The Morgan fingerprint density at radius 2 is 1.27 bits per heavy atom. The fourth-order valence-electron chi connectivity index (χ4n) is 6.48. The van der Waals surface area contributed by atoms with Crippen LogP contribution in [0.1, 0.15) is 168 Å². The van der Waals surface area contributed by atoms with Gasteiger partial charge in [-0.2, -0.15) is 0 Å². The average Bonchev–Trinajstić information content (AvgIpc) is 3.12. The molecule has 0 radical (unpaired) electrons. The van der Waals surface area contributed by atoms with Crippen molar-refractivity contribution >= 4 is 5.91 Å². The molecule has 1 fully saturated rings. The van der Waals surface area contributed by atoms with Crippen LogP contribution >= 0.6 is 0 Å². The maximum atomic E-state index is 13.0. The molecule has 0 bridgehead atoms. The largest absolute Gasteiger partial charge is 0.394 e. The predicted molar refractivity (Wildman–Crippen MR) is 204 cm³/mol. The summed E-state index contributed by atoms with van der Waals surface area (Å²) in [4.78, 5) is 13.0. The van der Waals surface area contributed by atoms with E-state index in [9.17, 15) is 35.4 Å². The monoisotopic (exact) mass is 728 g/mol. The zero-order chi connectivity index (χ0) is 37.7. The first-order valence-corrected chi connectivity index (χ1v) is 20.6. The molecular weight excluding hydrogens is 650 g/mol. The lowest BCUT2D eigenvalue weighted by molar-refractivity contribution is -0.302. The van der Waals surface area contributed by atoms with E-state index < -0.39 is 61.5 Å². The standard InChI is InChI=1S/C41H77NO9/c1-4-6-8-10-12-13-14-15-16-18-20-24-29-35(45)40(49)42-33(31-50-41-39(48)38(47)37(46)36(30-43)51-41)34(44)28-25-21-23-27-32(3)26-22-19-17-11-9-7-5-2/h25,27-28,33-39,41,43-48H,4-24,26,29-31H2,1-3H3,(H,42,49)/b28-25+,32-27+/t33?,34?,35?,36?,37-,38?,39?,41+/m0/s1. The van der Waals surface area contributed by atoms with Crippen molar-refractivity contribution in [2.75, 3.05) is 13.2 Å². The lowest BCUT2D eigenvalue weighted by Crippen LogP contribution is -2.60. The number of hydrogen-bond donors (Lipinski definition) is 7. The summed E-state index contributed by atoms with van der Waals surface area (Å²) in [7, 11) is 0. The van der Waals surface area contributed by atoms with Crippen LogP contribution in [0.15, 0.2) is 23.8 Å². The van der Waals surface area contributed by atoms with Gasteiger partial charge in [0.1, 0.15) is 30.5 Å². The van der Waals surface area contributed by atoms with Crippen LogP contribution in [0.3, 0.4) is 0 Å². The molecular formula is C41H77NO9. The molecule has 1 amide bonds. The molecule has 0 saturated carbocycles. The van der Waals surface area contributed by atoms with Crippen LogP contribution in [0.5, 0.6) is 0 Å². The van der Waals surface area contributed by atoms with Gasteiger partial charge in [0, 0.05) is 0 Å². The molecule has 300 valence electrons. The van der Waals surface area contributed by atoms with Crippen LogP contribution in [0, 0.1) is 0 Å². The van der Waals surface area contributed by atoms with Crippen molar-refractivity contribution in [2.45, 2.75) is 217 Å². The van der Waals surface area contributed by atoms with Crippen LogP contribution in [-0.4, -0.2) is 98.7 Å². The van der Waals surface area contributed by atoms with E-state index in [1.54, 1.807) is 6.08 Å². The fraction of sp³-hybridized carbons (Fsp3) is 0.878. The highest BCUT2D eigenvalue weighted by atomic mass is 16.7. The minimum Gasteiger partial charge on any atom is -0.394 e. The van der Waals surface area contributed by atoms with Gasteiger partial charge < -0.3 is 45.4 Å². The molecule has 51 heavy (non-hydrogen) atoms. The molecule has 6 unspecified atom stereocenters. The third-order valence-electron chi connectivity index (χ3n) is 10.00. The highest BCUT2D eigenvalue weighted by Crippen LogP contribution is 2.22. The molecule has 8 atom stereocenters. The van der Waals surface area contributed by atoms with Crippen molar-refractivity contribution in [2.24, 2.45) is 0 Å². The maximum Gasteiger partial charge on any atom is 0.249 e. The van der Waals surface area contributed by atoms with Crippen LogP contribution in [0.4, 0.5) is 0 Å². The van der Waals surface area contributed by atoms with Crippen LogP contribution in [0.25, 0.3) is 0 Å². The Bertz CT molecular complexity index is 898. The topological polar surface area (TPSA) is 169 Å². The molecule has 1 heterocycles. The summed E-state index contributed by atoms with van der Waals surface area (Å²) in [5.41, 5.74) is 1.36. The van der Waals surface area contributed by atoms with E-state index in [1.165, 1.54) is 102 Å². The lowest BCUT2D eigenvalue weighted by atomic mass is 9.99. The first-order chi connectivity index (χ1) is 24.7. The summed E-state index contributed by atoms with van der Waals surface area (Å²) in [5, 5.41) is 64.5. The summed E-state index contributed by atoms with van der Waals surface area (Å²) in [6.45, 7) is 5.70. The molecule has 10 nitrogen and oxygen atoms in total. The SMILES string of the molecule is CCCCCCCCCCCCCCC(O)C(=O)NC(CO[C@@H]1OC(CO)[C@H](O)C(O)C1O)C(O)/C=C/CC/C=C(\C)CCCCCCCCC. The third-order valence-corrected chi connectivity index (χ3v) is 10.00. The molecule has 1 saturated heterocycles. The first kappa shape index (κ1) is 47.7. The van der Waals surface area contributed by atoms with Gasteiger partial charge in [0.05, 0.1) is 25.4 Å². The van der Waals surface area contributed by atoms with Crippen molar-refractivity contribution in [1.82, 2.24) is 5.32 Å². The third kappa shape index (κ3) is 22.4. The van der Waals surface area contributed by atoms with E-state index in [-0.39, 0.29) is 6.61 Å². The molecule has 0 aliphatic carbocycles. The van der Waals surface area contributed by atoms with Gasteiger partial charge in [-0.1, -0.05) is 153 Å². The summed E-state index contributed by atoms with van der Waals surface area (Å²) in [6, 6.07) is -0.993. The van der Waals surface area contributed by atoms with Gasteiger partial charge in [0.2, 0.25) is 5.91 Å². The second kappa shape index (κ2) is 31.0. The molecule has 7 N–H and O–H groups in total. The van der Waals surface area contributed by atoms with Crippen LogP contribution in [-0.2, 0) is 14.3 Å². The van der Waals surface area contributed by atoms with Crippen molar-refractivity contribution in [3.63, 3.8) is 0 Å². The number of amides is 1. The van der Waals surface area contributed by atoms with E-state index in [0.717, 1.165) is 32.1 Å². The van der Waals surface area contributed by atoms with Crippen molar-refractivity contribution in [3.8, 4) is 0 Å². The molecule has 1 rings (SSSR count). The second-order valence-electron chi connectivity index (χ2n) is 14.8. The minimum absolute atomic E-state index is 0.306. The number of nitrogens with one attached hydrogen (secondary N) is 1. The van der Waals surface area contributed by atoms with Gasteiger partial charge in [-0.05, 0) is 39.0 Å². The summed E-state index contributed by atoms with van der Waals surface area (Å²) in [5.74, 6) is -0.628. The number of carbonyl (C=O) groups is 1. The summed E-state index contributed by atoms with van der Waals surface area (Å²) >= 11 is 0. The van der Waals surface area contributed by atoms with Crippen LogP contribution < -0.4 is 5.32 Å². The highest BCUT2D eigenvalue weighted by molar-refractivity contribution is 5.80. The number of ether oxygens (including phenoxy) is 2. The number of aliphatic hydroxyl groups is 6. The van der Waals surface area contributed by atoms with Crippen molar-refractivity contribution in [1.29, 1.82) is 0 Å². The number of unbranched alkanes of at least 4 members (excludes halogenated alkanes) is 18. The van der Waals surface area contributed by atoms with Crippen molar-refractivity contribution < 1.29 is 44.9 Å². The van der Waals surface area contributed by atoms with Gasteiger partial charge in [-0.3, -0.25) is 4.79 Å². The van der Waals surface area contributed by atoms with Gasteiger partial charge in [0.25, 0.3) is 0 Å². The van der Waals surface area contributed by atoms with E-state index in [1.807, 2.05) is 6.08 Å².